The van der Waals surface area contributed by atoms with Gasteiger partial charge >= 0.3 is 0 Å². The van der Waals surface area contributed by atoms with Crippen LogP contribution in [0, 0.1) is 0 Å². The maximum atomic E-state index is 11.4. The van der Waals surface area contributed by atoms with Crippen LogP contribution in [-0.4, -0.2) is 60.4 Å². The van der Waals surface area contributed by atoms with E-state index >= 15 is 0 Å². The number of nitrogens with one attached hydrogen (secondary N) is 1. The van der Waals surface area contributed by atoms with E-state index in [2.05, 4.69) is 12.2 Å². The Hall–Kier alpha value is -0.650. The van der Waals surface area contributed by atoms with Gasteiger partial charge in [0.15, 0.2) is 0 Å². The number of aliphatic hydroxyl groups is 2. The Balaban J connectivity index is 0.000000697. The number of carbonyl (C=O) groups excluding carboxylic acids is 1. The van der Waals surface area contributed by atoms with Crippen molar-refractivity contribution in [3.05, 3.63) is 0 Å². The predicted octanol–water partition coefficient (Wildman–Crippen LogP) is 3.09. The molecule has 5 nitrogen and oxygen atoms in total. The molecule has 0 aromatic rings. The van der Waals surface area contributed by atoms with Crippen molar-refractivity contribution in [3.8, 4) is 0 Å². The Morgan fingerprint density at radius 1 is 0.880 bits per heavy atom. The number of nitrogens with zero attached hydrogens (tertiary/aromatic N) is 1. The maximum Gasteiger partial charge on any atom is 0.222 e. The lowest BCUT2D eigenvalue weighted by atomic mass is 10.1. The van der Waals surface area contributed by atoms with Crippen molar-refractivity contribution in [1.29, 1.82) is 0 Å². The normalized spacial score (nSPS) is 13.9. The lowest BCUT2D eigenvalue weighted by Gasteiger charge is -2.14. The van der Waals surface area contributed by atoms with Gasteiger partial charge in [-0.25, -0.2) is 0 Å². The molecule has 0 radical (unpaired) electrons. The van der Waals surface area contributed by atoms with E-state index in [1.54, 1.807) is 0 Å². The lowest BCUT2D eigenvalue weighted by Crippen LogP contribution is -2.25. The first kappa shape index (κ1) is 24.4. The minimum atomic E-state index is 0.139. The molecular weight excluding hydrogens is 316 g/mol. The molecular formula is C20H42N2O3. The van der Waals surface area contributed by atoms with E-state index in [1.807, 2.05) is 4.90 Å². The van der Waals surface area contributed by atoms with E-state index in [1.165, 1.54) is 64.2 Å². The second-order valence-electron chi connectivity index (χ2n) is 6.86. The number of unbranched alkanes of at least 4 members (excludes halogenated alkanes) is 9. The summed E-state index contributed by atoms with van der Waals surface area (Å²) in [5, 5.41) is 19.1. The van der Waals surface area contributed by atoms with Crippen LogP contribution in [-0.2, 0) is 4.79 Å². The molecule has 1 fully saturated rings. The van der Waals surface area contributed by atoms with Gasteiger partial charge in [-0.1, -0.05) is 64.7 Å². The number of carbonyl (C=O) groups is 1. The van der Waals surface area contributed by atoms with Gasteiger partial charge in [0.05, 0.1) is 13.2 Å². The van der Waals surface area contributed by atoms with Crippen molar-refractivity contribution < 1.29 is 15.0 Å². The first-order valence-corrected chi connectivity index (χ1v) is 10.5. The SMILES string of the molecule is CCCCCCCCCCCCN1CCCC1=O.OCCNCCO. The third-order valence-corrected chi connectivity index (χ3v) is 4.53. The Kier molecular flexibility index (Phi) is 19.2. The van der Waals surface area contributed by atoms with Crippen molar-refractivity contribution in [2.45, 2.75) is 84.0 Å². The van der Waals surface area contributed by atoms with Crippen LogP contribution >= 0.6 is 0 Å². The number of rotatable bonds is 15. The topological polar surface area (TPSA) is 72.8 Å². The summed E-state index contributed by atoms with van der Waals surface area (Å²) >= 11 is 0. The quantitative estimate of drug-likeness (QED) is 0.393. The molecule has 0 aliphatic carbocycles. The fourth-order valence-electron chi connectivity index (χ4n) is 3.01. The highest BCUT2D eigenvalue weighted by atomic mass is 16.3. The van der Waals surface area contributed by atoms with E-state index < -0.39 is 0 Å². The molecule has 0 saturated carbocycles. The number of aliphatic hydroxyl groups excluding tert-OH is 2. The first-order chi connectivity index (χ1) is 12.3. The molecule has 0 atom stereocenters. The standard InChI is InChI=1S/C16H31NO.C4H11NO2/c1-2-3-4-5-6-7-8-9-10-11-14-17-15-12-13-16(17)18;6-3-1-5-2-4-7/h2-15H2,1H3;5-7H,1-4H2. The maximum absolute atomic E-state index is 11.4. The highest BCUT2D eigenvalue weighted by molar-refractivity contribution is 5.77. The number of hydrogen-bond donors (Lipinski definition) is 3. The zero-order valence-electron chi connectivity index (χ0n) is 16.5. The van der Waals surface area contributed by atoms with Crippen LogP contribution in [0.15, 0.2) is 0 Å². The van der Waals surface area contributed by atoms with E-state index in [0.29, 0.717) is 19.0 Å². The third kappa shape index (κ3) is 16.6. The van der Waals surface area contributed by atoms with Gasteiger partial charge < -0.3 is 20.4 Å². The van der Waals surface area contributed by atoms with Crippen LogP contribution in [0.2, 0.25) is 0 Å². The van der Waals surface area contributed by atoms with Gasteiger partial charge in [-0.2, -0.15) is 0 Å². The zero-order chi connectivity index (χ0) is 18.6. The van der Waals surface area contributed by atoms with Crippen molar-refractivity contribution in [2.75, 3.05) is 39.4 Å². The molecule has 3 N–H and O–H groups in total. The molecule has 1 saturated heterocycles. The molecule has 1 aliphatic rings. The van der Waals surface area contributed by atoms with Crippen LogP contribution in [0.1, 0.15) is 84.0 Å². The monoisotopic (exact) mass is 358 g/mol. The van der Waals surface area contributed by atoms with Gasteiger partial charge in [0.1, 0.15) is 0 Å². The van der Waals surface area contributed by atoms with Crippen LogP contribution in [0.25, 0.3) is 0 Å². The fourth-order valence-corrected chi connectivity index (χ4v) is 3.01. The first-order valence-electron chi connectivity index (χ1n) is 10.5. The molecule has 150 valence electrons. The number of hydrogen-bond acceptors (Lipinski definition) is 4. The van der Waals surface area contributed by atoms with Gasteiger partial charge in [-0.3, -0.25) is 4.79 Å². The Labute approximate surface area is 155 Å². The zero-order valence-corrected chi connectivity index (χ0v) is 16.5. The minimum Gasteiger partial charge on any atom is -0.395 e. The van der Waals surface area contributed by atoms with Crippen molar-refractivity contribution in [3.63, 3.8) is 0 Å². The smallest absolute Gasteiger partial charge is 0.222 e. The molecule has 0 bridgehead atoms. The van der Waals surface area contributed by atoms with Crippen LogP contribution in [0.4, 0.5) is 0 Å². The summed E-state index contributed by atoms with van der Waals surface area (Å²) in [7, 11) is 0. The van der Waals surface area contributed by atoms with E-state index in [0.717, 1.165) is 25.9 Å². The highest BCUT2D eigenvalue weighted by Crippen LogP contribution is 2.13. The summed E-state index contributed by atoms with van der Waals surface area (Å²) in [6, 6.07) is 0. The summed E-state index contributed by atoms with van der Waals surface area (Å²) in [5.41, 5.74) is 0. The molecule has 25 heavy (non-hydrogen) atoms. The summed E-state index contributed by atoms with van der Waals surface area (Å²) in [5.74, 6) is 0.380. The average Bonchev–Trinajstić information content (AvgIpc) is 3.03. The third-order valence-electron chi connectivity index (χ3n) is 4.53. The molecule has 1 aliphatic heterocycles. The summed E-state index contributed by atoms with van der Waals surface area (Å²) < 4.78 is 0. The van der Waals surface area contributed by atoms with E-state index in [-0.39, 0.29) is 13.2 Å². The second kappa shape index (κ2) is 19.7. The second-order valence-corrected chi connectivity index (χ2v) is 6.86. The van der Waals surface area contributed by atoms with Gasteiger partial charge in [0, 0.05) is 32.6 Å². The Morgan fingerprint density at radius 3 is 1.84 bits per heavy atom. The van der Waals surface area contributed by atoms with Gasteiger partial charge in [0.2, 0.25) is 5.91 Å². The molecule has 0 aromatic carbocycles. The number of amides is 1. The van der Waals surface area contributed by atoms with Crippen molar-refractivity contribution in [2.24, 2.45) is 0 Å². The average molecular weight is 359 g/mol. The molecule has 1 amide bonds. The van der Waals surface area contributed by atoms with Gasteiger partial charge in [-0.05, 0) is 12.8 Å². The van der Waals surface area contributed by atoms with Crippen molar-refractivity contribution in [1.82, 2.24) is 10.2 Å². The summed E-state index contributed by atoms with van der Waals surface area (Å²) in [4.78, 5) is 13.4. The molecule has 1 rings (SSSR count). The van der Waals surface area contributed by atoms with Crippen LogP contribution in [0.3, 0.4) is 0 Å². The van der Waals surface area contributed by atoms with Gasteiger partial charge in [0.25, 0.3) is 0 Å². The molecule has 1 heterocycles. The number of likely N-dealkylation sites (tertiary alicyclic amines) is 1. The predicted molar refractivity (Wildman–Crippen MR) is 105 cm³/mol. The molecule has 0 unspecified atom stereocenters. The fraction of sp³-hybridized carbons (Fsp3) is 0.950. The Morgan fingerprint density at radius 2 is 1.40 bits per heavy atom. The molecule has 5 heteroatoms. The molecule has 0 aromatic heterocycles. The minimum absolute atomic E-state index is 0.139. The van der Waals surface area contributed by atoms with E-state index in [9.17, 15) is 4.79 Å². The lowest BCUT2D eigenvalue weighted by molar-refractivity contribution is -0.127. The summed E-state index contributed by atoms with van der Waals surface area (Å²) in [6.45, 7) is 5.71. The highest BCUT2D eigenvalue weighted by Gasteiger charge is 2.18. The summed E-state index contributed by atoms with van der Waals surface area (Å²) in [6.07, 6.45) is 15.6. The van der Waals surface area contributed by atoms with Crippen LogP contribution in [0.5, 0.6) is 0 Å². The van der Waals surface area contributed by atoms with E-state index in [4.69, 9.17) is 10.2 Å². The van der Waals surface area contributed by atoms with Crippen molar-refractivity contribution >= 4 is 5.91 Å². The Bertz CT molecular complexity index is 284. The van der Waals surface area contributed by atoms with Crippen LogP contribution < -0.4 is 5.32 Å². The largest absolute Gasteiger partial charge is 0.395 e. The van der Waals surface area contributed by atoms with Gasteiger partial charge in [-0.15, -0.1) is 0 Å². The molecule has 0 spiro atoms.